The Bertz CT molecular complexity index is 1030. The van der Waals surface area contributed by atoms with E-state index in [1.165, 1.54) is 0 Å². The lowest BCUT2D eigenvalue weighted by molar-refractivity contribution is -0.122. The van der Waals surface area contributed by atoms with Crippen LogP contribution in [-0.2, 0) is 20.8 Å². The highest BCUT2D eigenvalue weighted by Gasteiger charge is 2.36. The summed E-state index contributed by atoms with van der Waals surface area (Å²) in [4.78, 5) is 41.1. The molecule has 30 heavy (non-hydrogen) atoms. The third-order valence-corrected chi connectivity index (χ3v) is 6.02. The number of nitrogens with one attached hydrogen (secondary N) is 1. The standard InChI is InChI=1S/C24H27N3O3/c1-4-22(28)26-10-9-17-12-19(7-8-21(17)26)27-14-18(13-23(27)29)24(30)25-20-11-15(2)5-6-16(20)3/h5-8,11-12,18H,4,9-10,13-14H2,1-3H3,(H,25,30)/t18-/m0/s1. The van der Waals surface area contributed by atoms with E-state index in [0.29, 0.717) is 19.5 Å². The predicted molar refractivity (Wildman–Crippen MR) is 118 cm³/mol. The second-order valence-electron chi connectivity index (χ2n) is 8.17. The number of amides is 3. The van der Waals surface area contributed by atoms with E-state index in [4.69, 9.17) is 0 Å². The third-order valence-electron chi connectivity index (χ3n) is 6.02. The minimum Gasteiger partial charge on any atom is -0.326 e. The molecule has 4 rings (SSSR count). The van der Waals surface area contributed by atoms with Crippen LogP contribution in [0.1, 0.15) is 36.5 Å². The lowest BCUT2D eigenvalue weighted by Crippen LogP contribution is -2.28. The van der Waals surface area contributed by atoms with Gasteiger partial charge >= 0.3 is 0 Å². The zero-order valence-corrected chi connectivity index (χ0v) is 17.7. The summed E-state index contributed by atoms with van der Waals surface area (Å²) >= 11 is 0. The van der Waals surface area contributed by atoms with Crippen molar-refractivity contribution in [3.05, 3.63) is 53.1 Å². The Kier molecular flexibility index (Phi) is 5.33. The number of hydrogen-bond acceptors (Lipinski definition) is 3. The molecule has 3 amide bonds. The zero-order chi connectivity index (χ0) is 21.4. The molecule has 0 unspecified atom stereocenters. The number of benzene rings is 2. The van der Waals surface area contributed by atoms with Crippen molar-refractivity contribution in [3.8, 4) is 0 Å². The van der Waals surface area contributed by atoms with E-state index >= 15 is 0 Å². The van der Waals surface area contributed by atoms with Gasteiger partial charge in [-0.25, -0.2) is 0 Å². The van der Waals surface area contributed by atoms with Crippen molar-refractivity contribution in [1.82, 2.24) is 0 Å². The van der Waals surface area contributed by atoms with Crippen LogP contribution in [0.2, 0.25) is 0 Å². The summed E-state index contributed by atoms with van der Waals surface area (Å²) in [5, 5.41) is 2.99. The van der Waals surface area contributed by atoms with Gasteiger partial charge in [0.1, 0.15) is 0 Å². The largest absolute Gasteiger partial charge is 0.326 e. The Morgan fingerprint density at radius 1 is 1.13 bits per heavy atom. The maximum atomic E-state index is 12.8. The highest BCUT2D eigenvalue weighted by Crippen LogP contribution is 2.34. The van der Waals surface area contributed by atoms with Crippen LogP contribution in [-0.4, -0.2) is 30.8 Å². The summed E-state index contributed by atoms with van der Waals surface area (Å²) in [6.45, 7) is 6.85. The van der Waals surface area contributed by atoms with Crippen molar-refractivity contribution in [2.45, 2.75) is 40.0 Å². The molecule has 2 aromatic carbocycles. The lowest BCUT2D eigenvalue weighted by Gasteiger charge is -2.20. The highest BCUT2D eigenvalue weighted by molar-refractivity contribution is 6.04. The monoisotopic (exact) mass is 405 g/mol. The summed E-state index contributed by atoms with van der Waals surface area (Å²) in [5.74, 6) is -0.443. The highest BCUT2D eigenvalue weighted by atomic mass is 16.2. The SMILES string of the molecule is CCC(=O)N1CCc2cc(N3C[C@@H](C(=O)Nc4cc(C)ccc4C)CC3=O)ccc21. The van der Waals surface area contributed by atoms with Crippen LogP contribution in [0.4, 0.5) is 17.1 Å². The van der Waals surface area contributed by atoms with Gasteiger partial charge < -0.3 is 15.1 Å². The van der Waals surface area contributed by atoms with Crippen molar-refractivity contribution in [2.75, 3.05) is 28.2 Å². The van der Waals surface area contributed by atoms with Crippen molar-refractivity contribution < 1.29 is 14.4 Å². The fourth-order valence-corrected chi connectivity index (χ4v) is 4.24. The molecule has 1 fully saturated rings. The minimum absolute atomic E-state index is 0.0458. The molecule has 2 heterocycles. The molecule has 0 aromatic heterocycles. The van der Waals surface area contributed by atoms with Crippen LogP contribution in [0.3, 0.4) is 0 Å². The van der Waals surface area contributed by atoms with Crippen molar-refractivity contribution >= 4 is 34.8 Å². The van der Waals surface area contributed by atoms with E-state index in [9.17, 15) is 14.4 Å². The van der Waals surface area contributed by atoms with Crippen LogP contribution in [0, 0.1) is 19.8 Å². The first-order valence-corrected chi connectivity index (χ1v) is 10.5. The van der Waals surface area contributed by atoms with Crippen LogP contribution in [0.15, 0.2) is 36.4 Å². The predicted octanol–water partition coefficient (Wildman–Crippen LogP) is 3.59. The smallest absolute Gasteiger partial charge is 0.229 e. The Hall–Kier alpha value is -3.15. The number of rotatable bonds is 4. The van der Waals surface area contributed by atoms with Gasteiger partial charge in [0.15, 0.2) is 0 Å². The maximum Gasteiger partial charge on any atom is 0.229 e. The summed E-state index contributed by atoms with van der Waals surface area (Å²) in [6, 6.07) is 11.7. The molecule has 1 atom stereocenters. The second kappa shape index (κ2) is 7.94. The fraction of sp³-hybridized carbons (Fsp3) is 0.375. The molecule has 2 aromatic rings. The first kappa shape index (κ1) is 20.1. The molecule has 6 nitrogen and oxygen atoms in total. The second-order valence-corrected chi connectivity index (χ2v) is 8.17. The average molecular weight is 405 g/mol. The number of carbonyl (C=O) groups is 3. The number of anilines is 3. The number of nitrogens with zero attached hydrogens (tertiary/aromatic N) is 2. The van der Waals surface area contributed by atoms with Gasteiger partial charge in [-0.15, -0.1) is 0 Å². The molecule has 156 valence electrons. The van der Waals surface area contributed by atoms with Gasteiger partial charge in [-0.05, 0) is 61.2 Å². The van der Waals surface area contributed by atoms with E-state index in [1.807, 2.05) is 62.1 Å². The molecule has 2 aliphatic rings. The van der Waals surface area contributed by atoms with Crippen molar-refractivity contribution in [1.29, 1.82) is 0 Å². The minimum atomic E-state index is -0.385. The average Bonchev–Trinajstić information content (AvgIpc) is 3.33. The van der Waals surface area contributed by atoms with Gasteiger partial charge in [0.05, 0.1) is 5.92 Å². The van der Waals surface area contributed by atoms with Crippen LogP contribution < -0.4 is 15.1 Å². The van der Waals surface area contributed by atoms with Crippen LogP contribution in [0.25, 0.3) is 0 Å². The Morgan fingerprint density at radius 3 is 2.70 bits per heavy atom. The first-order chi connectivity index (χ1) is 14.4. The van der Waals surface area contributed by atoms with Gasteiger partial charge in [0, 0.05) is 43.0 Å². The molecule has 0 spiro atoms. The quantitative estimate of drug-likeness (QED) is 0.845. The molecule has 0 aliphatic carbocycles. The van der Waals surface area contributed by atoms with Crippen molar-refractivity contribution in [2.24, 2.45) is 5.92 Å². The zero-order valence-electron chi connectivity index (χ0n) is 17.7. The fourth-order valence-electron chi connectivity index (χ4n) is 4.24. The Morgan fingerprint density at radius 2 is 1.93 bits per heavy atom. The number of carbonyl (C=O) groups excluding carboxylic acids is 3. The van der Waals surface area contributed by atoms with E-state index in [0.717, 1.165) is 40.2 Å². The van der Waals surface area contributed by atoms with Gasteiger partial charge in [-0.1, -0.05) is 19.1 Å². The molecule has 2 aliphatic heterocycles. The van der Waals surface area contributed by atoms with E-state index in [1.54, 1.807) is 4.90 Å². The molecule has 0 saturated carbocycles. The molecule has 6 heteroatoms. The van der Waals surface area contributed by atoms with E-state index < -0.39 is 0 Å². The van der Waals surface area contributed by atoms with Gasteiger partial charge in [0.2, 0.25) is 17.7 Å². The van der Waals surface area contributed by atoms with Crippen molar-refractivity contribution in [3.63, 3.8) is 0 Å². The number of hydrogen-bond donors (Lipinski definition) is 1. The van der Waals surface area contributed by atoms with Crippen LogP contribution in [0.5, 0.6) is 0 Å². The van der Waals surface area contributed by atoms with Gasteiger partial charge in [-0.3, -0.25) is 14.4 Å². The molecular weight excluding hydrogens is 378 g/mol. The summed E-state index contributed by atoms with van der Waals surface area (Å²) < 4.78 is 0. The third kappa shape index (κ3) is 3.70. The molecular formula is C24H27N3O3. The van der Waals surface area contributed by atoms with Crippen LogP contribution >= 0.6 is 0 Å². The number of fused-ring (bicyclic) bond motifs is 1. The topological polar surface area (TPSA) is 69.7 Å². The molecule has 0 radical (unpaired) electrons. The Labute approximate surface area is 176 Å². The lowest BCUT2D eigenvalue weighted by atomic mass is 10.1. The summed E-state index contributed by atoms with van der Waals surface area (Å²) in [6.07, 6.45) is 1.46. The van der Waals surface area contributed by atoms with E-state index in [2.05, 4.69) is 5.32 Å². The van der Waals surface area contributed by atoms with Gasteiger partial charge in [0.25, 0.3) is 0 Å². The first-order valence-electron chi connectivity index (χ1n) is 10.5. The number of aryl methyl sites for hydroxylation is 2. The molecule has 1 saturated heterocycles. The summed E-state index contributed by atoms with van der Waals surface area (Å²) in [7, 11) is 0. The molecule has 1 N–H and O–H groups in total. The maximum absolute atomic E-state index is 12.8. The molecule has 0 bridgehead atoms. The van der Waals surface area contributed by atoms with Gasteiger partial charge in [-0.2, -0.15) is 0 Å². The summed E-state index contributed by atoms with van der Waals surface area (Å²) in [5.41, 5.74) is 5.68. The normalized spacial score (nSPS) is 18.0. The Balaban J connectivity index is 1.48. The van der Waals surface area contributed by atoms with E-state index in [-0.39, 0.29) is 30.1 Å².